The molecule has 2 rings (SSSR count). The van der Waals surface area contributed by atoms with E-state index < -0.39 is 23.1 Å². The van der Waals surface area contributed by atoms with E-state index in [4.69, 9.17) is 4.74 Å². The molecule has 2 atom stereocenters. The number of alkyl carbamates (subject to hydrolysis) is 1. The lowest BCUT2D eigenvalue weighted by molar-refractivity contribution is -0.146. The number of aromatic nitrogens is 1. The number of allylic oxidation sites excluding steroid dienone is 1. The van der Waals surface area contributed by atoms with Crippen LogP contribution in [0.15, 0.2) is 24.3 Å². The summed E-state index contributed by atoms with van der Waals surface area (Å²) in [6.07, 6.45) is 4.02. The number of aryl methyl sites for hydroxylation is 2. The number of nitrogens with zero attached hydrogens (tertiary/aromatic N) is 1. The first-order valence-corrected chi connectivity index (χ1v) is 8.58. The number of carboxylic acids is 1. The van der Waals surface area contributed by atoms with Gasteiger partial charge in [-0.05, 0) is 59.6 Å². The van der Waals surface area contributed by atoms with Gasteiger partial charge < -0.3 is 19.7 Å². The number of nitrogens with one attached hydrogen (secondary N) is 1. The predicted octanol–water partition coefficient (Wildman–Crippen LogP) is 3.59. The van der Waals surface area contributed by atoms with Gasteiger partial charge in [0.25, 0.3) is 0 Å². The highest BCUT2D eigenvalue weighted by Crippen LogP contribution is 2.42. The van der Waals surface area contributed by atoms with Crippen LogP contribution in [0.2, 0.25) is 0 Å². The smallest absolute Gasteiger partial charge is 0.407 e. The molecular weight excluding hydrogens is 320 g/mol. The lowest BCUT2D eigenvalue weighted by atomic mass is 9.83. The maximum atomic E-state index is 11.9. The van der Waals surface area contributed by atoms with Gasteiger partial charge in [0.2, 0.25) is 0 Å². The average Bonchev–Trinajstić information content (AvgIpc) is 3.02. The van der Waals surface area contributed by atoms with Crippen molar-refractivity contribution in [1.82, 2.24) is 9.88 Å². The number of rotatable bonds is 5. The minimum absolute atomic E-state index is 0.0210. The van der Waals surface area contributed by atoms with E-state index in [0.717, 1.165) is 11.4 Å². The summed E-state index contributed by atoms with van der Waals surface area (Å²) in [5.41, 5.74) is 0.680. The zero-order chi connectivity index (χ0) is 18.8. The number of carbonyl (C=O) groups is 2. The fourth-order valence-corrected chi connectivity index (χ4v) is 3.34. The lowest BCUT2D eigenvalue weighted by Crippen LogP contribution is -2.37. The van der Waals surface area contributed by atoms with E-state index >= 15 is 0 Å². The van der Waals surface area contributed by atoms with Gasteiger partial charge in [-0.25, -0.2) is 4.79 Å². The van der Waals surface area contributed by atoms with Gasteiger partial charge in [0, 0.05) is 17.9 Å². The number of ether oxygens (including phenoxy) is 1. The topological polar surface area (TPSA) is 80.6 Å². The van der Waals surface area contributed by atoms with Gasteiger partial charge in [0.1, 0.15) is 5.60 Å². The van der Waals surface area contributed by atoms with Crippen LogP contribution in [-0.2, 0) is 9.53 Å². The van der Waals surface area contributed by atoms with E-state index in [2.05, 4.69) is 9.88 Å². The molecule has 0 unspecified atom stereocenters. The third kappa shape index (κ3) is 4.44. The summed E-state index contributed by atoms with van der Waals surface area (Å²) in [6, 6.07) is 4.09. The number of hydrogen-bond acceptors (Lipinski definition) is 3. The summed E-state index contributed by atoms with van der Waals surface area (Å²) < 4.78 is 7.34. The summed E-state index contributed by atoms with van der Waals surface area (Å²) in [7, 11) is 0. The van der Waals surface area contributed by atoms with Crippen LogP contribution < -0.4 is 5.32 Å². The van der Waals surface area contributed by atoms with E-state index in [1.807, 2.05) is 32.1 Å². The van der Waals surface area contributed by atoms with Gasteiger partial charge in [-0.2, -0.15) is 0 Å². The van der Waals surface area contributed by atoms with Crippen LogP contribution in [0.5, 0.6) is 0 Å². The van der Waals surface area contributed by atoms with Crippen LogP contribution in [-0.4, -0.2) is 33.9 Å². The highest BCUT2D eigenvalue weighted by atomic mass is 16.6. The number of carboxylic acid groups (broad SMARTS) is 1. The first-order valence-electron chi connectivity index (χ1n) is 8.58. The predicted molar refractivity (Wildman–Crippen MR) is 95.6 cm³/mol. The molecule has 1 amide bonds. The van der Waals surface area contributed by atoms with Gasteiger partial charge in [0.15, 0.2) is 0 Å². The van der Waals surface area contributed by atoms with Crippen molar-refractivity contribution in [2.75, 3.05) is 6.54 Å². The molecule has 6 nitrogen and oxygen atoms in total. The SMILES string of the molecule is Cc1ccc(C)n1[C@@H]1C=C[C@](CCNC(=O)OC(C)(C)C)(C(=O)O)C1. The van der Waals surface area contributed by atoms with Crippen LogP contribution in [0.4, 0.5) is 4.79 Å². The Hall–Kier alpha value is -2.24. The summed E-state index contributed by atoms with van der Waals surface area (Å²) in [6.45, 7) is 9.66. The first kappa shape index (κ1) is 19.1. The standard InChI is InChI=1S/C19H28N2O4/c1-13-6-7-14(2)21(13)15-8-9-19(12-15,16(22)23)10-11-20-17(24)25-18(3,4)5/h6-9,15H,10-12H2,1-5H3,(H,20,24)(H,22,23)/t15-,19-/m1/s1. The van der Waals surface area contributed by atoms with Crippen molar-refractivity contribution in [3.05, 3.63) is 35.7 Å². The third-order valence-corrected chi connectivity index (χ3v) is 4.53. The van der Waals surface area contributed by atoms with E-state index in [9.17, 15) is 14.7 Å². The van der Waals surface area contributed by atoms with Crippen LogP contribution in [0.1, 0.15) is 51.0 Å². The Morgan fingerprint density at radius 3 is 2.44 bits per heavy atom. The molecule has 0 aromatic carbocycles. The molecule has 0 bridgehead atoms. The fraction of sp³-hybridized carbons (Fsp3) is 0.579. The van der Waals surface area contributed by atoms with Gasteiger partial charge >= 0.3 is 12.1 Å². The maximum absolute atomic E-state index is 11.9. The fourth-order valence-electron chi connectivity index (χ4n) is 3.34. The zero-order valence-electron chi connectivity index (χ0n) is 15.6. The van der Waals surface area contributed by atoms with E-state index in [1.54, 1.807) is 26.8 Å². The molecule has 1 aliphatic carbocycles. The number of amides is 1. The molecule has 1 aromatic rings. The van der Waals surface area contributed by atoms with Crippen molar-refractivity contribution in [2.24, 2.45) is 5.41 Å². The largest absolute Gasteiger partial charge is 0.481 e. The van der Waals surface area contributed by atoms with Crippen molar-refractivity contribution >= 4 is 12.1 Å². The highest BCUT2D eigenvalue weighted by Gasteiger charge is 2.42. The lowest BCUT2D eigenvalue weighted by Gasteiger charge is -2.26. The van der Waals surface area contributed by atoms with Gasteiger partial charge in [-0.1, -0.05) is 12.2 Å². The molecule has 6 heteroatoms. The summed E-state index contributed by atoms with van der Waals surface area (Å²) in [4.78, 5) is 23.7. The van der Waals surface area contributed by atoms with Crippen LogP contribution in [0.25, 0.3) is 0 Å². The minimum Gasteiger partial charge on any atom is -0.481 e. The van der Waals surface area contributed by atoms with Crippen molar-refractivity contribution in [2.45, 2.75) is 59.1 Å². The monoisotopic (exact) mass is 348 g/mol. The molecule has 0 fully saturated rings. The molecular formula is C19H28N2O4. The summed E-state index contributed by atoms with van der Waals surface area (Å²) in [5, 5.41) is 12.4. The Bertz CT molecular complexity index is 665. The molecule has 0 spiro atoms. The highest BCUT2D eigenvalue weighted by molar-refractivity contribution is 5.78. The van der Waals surface area contributed by atoms with Crippen molar-refractivity contribution in [1.29, 1.82) is 0 Å². The van der Waals surface area contributed by atoms with Crippen LogP contribution >= 0.6 is 0 Å². The Morgan fingerprint density at radius 2 is 1.92 bits per heavy atom. The molecule has 1 aliphatic rings. The Balaban J connectivity index is 2.01. The van der Waals surface area contributed by atoms with E-state index in [1.165, 1.54) is 0 Å². The summed E-state index contributed by atoms with van der Waals surface area (Å²) >= 11 is 0. The van der Waals surface area contributed by atoms with Gasteiger partial charge in [-0.15, -0.1) is 0 Å². The molecule has 0 saturated heterocycles. The van der Waals surface area contributed by atoms with Crippen molar-refractivity contribution in [3.8, 4) is 0 Å². The van der Waals surface area contributed by atoms with Crippen molar-refractivity contribution < 1.29 is 19.4 Å². The Labute approximate surface area is 148 Å². The van der Waals surface area contributed by atoms with E-state index in [-0.39, 0.29) is 12.6 Å². The molecule has 25 heavy (non-hydrogen) atoms. The Morgan fingerprint density at radius 1 is 1.32 bits per heavy atom. The molecule has 2 N–H and O–H groups in total. The number of aliphatic carboxylic acids is 1. The van der Waals surface area contributed by atoms with Gasteiger partial charge in [-0.3, -0.25) is 4.79 Å². The second-order valence-electron chi connectivity index (χ2n) is 7.76. The van der Waals surface area contributed by atoms with E-state index in [0.29, 0.717) is 12.8 Å². The van der Waals surface area contributed by atoms with Crippen LogP contribution in [0.3, 0.4) is 0 Å². The molecule has 0 aliphatic heterocycles. The number of hydrogen-bond donors (Lipinski definition) is 2. The summed E-state index contributed by atoms with van der Waals surface area (Å²) in [5.74, 6) is -0.861. The van der Waals surface area contributed by atoms with Crippen molar-refractivity contribution in [3.63, 3.8) is 0 Å². The second kappa shape index (κ2) is 6.94. The third-order valence-electron chi connectivity index (χ3n) is 4.53. The van der Waals surface area contributed by atoms with Gasteiger partial charge in [0.05, 0.1) is 11.5 Å². The van der Waals surface area contributed by atoms with Crippen LogP contribution in [0, 0.1) is 19.3 Å². The minimum atomic E-state index is -0.969. The average molecular weight is 348 g/mol. The molecule has 0 saturated carbocycles. The quantitative estimate of drug-likeness (QED) is 0.797. The molecule has 1 heterocycles. The zero-order valence-corrected chi connectivity index (χ0v) is 15.6. The molecule has 138 valence electrons. The second-order valence-corrected chi connectivity index (χ2v) is 7.76. The Kier molecular flexibility index (Phi) is 5.30. The first-order chi connectivity index (χ1) is 11.5. The number of carbonyl (C=O) groups excluding carboxylic acids is 1. The normalized spacial score (nSPS) is 22.8. The maximum Gasteiger partial charge on any atom is 0.407 e. The molecule has 0 radical (unpaired) electrons. The molecule has 1 aromatic heterocycles.